The third-order valence-corrected chi connectivity index (χ3v) is 3.69. The molecule has 1 saturated heterocycles. The van der Waals surface area contributed by atoms with Gasteiger partial charge in [0.25, 0.3) is 0 Å². The third-order valence-electron chi connectivity index (χ3n) is 3.69. The molecule has 4 heteroatoms. The molecule has 1 aliphatic rings. The number of nitrogens with zero attached hydrogens (tertiary/aromatic N) is 3. The van der Waals surface area contributed by atoms with E-state index in [0.717, 1.165) is 30.9 Å². The summed E-state index contributed by atoms with van der Waals surface area (Å²) in [6, 6.07) is 4.60. The van der Waals surface area contributed by atoms with E-state index < -0.39 is 0 Å². The highest BCUT2D eigenvalue weighted by atomic mass is 15.2. The maximum atomic E-state index is 5.65. The monoisotopic (exact) mass is 248 g/mol. The molecule has 1 aliphatic heterocycles. The largest absolute Gasteiger partial charge is 0.397 e. The Bertz CT molecular complexity index is 363. The Morgan fingerprint density at radius 2 is 2.22 bits per heavy atom. The summed E-state index contributed by atoms with van der Waals surface area (Å²) in [7, 11) is 2.21. The normalized spacial score (nSPS) is 22.9. The minimum absolute atomic E-state index is 0.631. The fourth-order valence-electron chi connectivity index (χ4n) is 2.60. The molecule has 0 amide bonds. The van der Waals surface area contributed by atoms with Crippen LogP contribution in [-0.2, 0) is 6.42 Å². The Morgan fingerprint density at radius 3 is 2.94 bits per heavy atom. The van der Waals surface area contributed by atoms with Crippen LogP contribution in [-0.4, -0.2) is 54.1 Å². The van der Waals surface area contributed by atoms with Crippen LogP contribution in [0.2, 0.25) is 0 Å². The number of rotatable bonds is 3. The highest BCUT2D eigenvalue weighted by Gasteiger charge is 2.18. The van der Waals surface area contributed by atoms with Gasteiger partial charge in [0.15, 0.2) is 0 Å². The van der Waals surface area contributed by atoms with Crippen LogP contribution in [0.3, 0.4) is 0 Å². The molecule has 0 saturated carbocycles. The number of nitrogen functional groups attached to an aromatic ring is 1. The molecule has 0 spiro atoms. The van der Waals surface area contributed by atoms with Crippen molar-refractivity contribution < 1.29 is 0 Å². The molecule has 1 atom stereocenters. The van der Waals surface area contributed by atoms with Gasteiger partial charge in [0.2, 0.25) is 0 Å². The Labute approximate surface area is 110 Å². The van der Waals surface area contributed by atoms with Gasteiger partial charge in [-0.1, -0.05) is 0 Å². The molecule has 4 nitrogen and oxygen atoms in total. The summed E-state index contributed by atoms with van der Waals surface area (Å²) in [4.78, 5) is 9.36. The van der Waals surface area contributed by atoms with Crippen molar-refractivity contribution in [3.8, 4) is 0 Å². The molecule has 2 N–H and O–H groups in total. The van der Waals surface area contributed by atoms with Crippen LogP contribution in [0.1, 0.15) is 19.0 Å². The van der Waals surface area contributed by atoms with Crippen LogP contribution in [0.4, 0.5) is 5.69 Å². The Morgan fingerprint density at radius 1 is 1.39 bits per heavy atom. The molecule has 1 aromatic heterocycles. The Balaban J connectivity index is 1.87. The number of likely N-dealkylation sites (N-methyl/N-ethyl adjacent to an activating group) is 1. The van der Waals surface area contributed by atoms with Crippen LogP contribution >= 0.6 is 0 Å². The highest BCUT2D eigenvalue weighted by Crippen LogP contribution is 2.10. The van der Waals surface area contributed by atoms with E-state index in [0.29, 0.717) is 6.04 Å². The van der Waals surface area contributed by atoms with E-state index in [1.54, 1.807) is 6.20 Å². The number of pyridine rings is 1. The van der Waals surface area contributed by atoms with Gasteiger partial charge in [-0.15, -0.1) is 0 Å². The van der Waals surface area contributed by atoms with E-state index in [4.69, 9.17) is 5.73 Å². The molecular weight excluding hydrogens is 224 g/mol. The summed E-state index contributed by atoms with van der Waals surface area (Å²) in [6.45, 7) is 6.97. The molecule has 1 fully saturated rings. The minimum Gasteiger partial charge on any atom is -0.397 e. The van der Waals surface area contributed by atoms with Gasteiger partial charge in [-0.3, -0.25) is 9.88 Å². The molecule has 2 rings (SSSR count). The summed E-state index contributed by atoms with van der Waals surface area (Å²) in [5, 5.41) is 0. The van der Waals surface area contributed by atoms with Gasteiger partial charge < -0.3 is 10.6 Å². The van der Waals surface area contributed by atoms with Crippen molar-refractivity contribution in [2.75, 3.05) is 39.0 Å². The predicted molar refractivity (Wildman–Crippen MR) is 75.5 cm³/mol. The highest BCUT2D eigenvalue weighted by molar-refractivity contribution is 5.34. The lowest BCUT2D eigenvalue weighted by Crippen LogP contribution is -2.39. The first-order valence-electron chi connectivity index (χ1n) is 6.78. The van der Waals surface area contributed by atoms with Gasteiger partial charge in [0.05, 0.1) is 11.9 Å². The van der Waals surface area contributed by atoms with Gasteiger partial charge in [-0.2, -0.15) is 0 Å². The van der Waals surface area contributed by atoms with Crippen LogP contribution in [0.5, 0.6) is 0 Å². The Kier molecular flexibility index (Phi) is 4.55. The van der Waals surface area contributed by atoms with E-state index in [2.05, 4.69) is 28.8 Å². The zero-order valence-electron chi connectivity index (χ0n) is 11.5. The number of nitrogens with two attached hydrogens (primary N) is 1. The lowest BCUT2D eigenvalue weighted by atomic mass is 10.2. The van der Waals surface area contributed by atoms with Crippen molar-refractivity contribution in [3.63, 3.8) is 0 Å². The van der Waals surface area contributed by atoms with Crippen LogP contribution in [0.25, 0.3) is 0 Å². The smallest absolute Gasteiger partial charge is 0.0501 e. The third kappa shape index (κ3) is 3.68. The lowest BCUT2D eigenvalue weighted by molar-refractivity contribution is 0.204. The van der Waals surface area contributed by atoms with Gasteiger partial charge >= 0.3 is 0 Å². The van der Waals surface area contributed by atoms with E-state index >= 15 is 0 Å². The maximum Gasteiger partial charge on any atom is 0.0501 e. The average molecular weight is 248 g/mol. The number of hydrogen-bond acceptors (Lipinski definition) is 4. The topological polar surface area (TPSA) is 45.4 Å². The second kappa shape index (κ2) is 6.16. The van der Waals surface area contributed by atoms with Gasteiger partial charge in [-0.05, 0) is 45.6 Å². The van der Waals surface area contributed by atoms with E-state index in [1.807, 2.05) is 12.1 Å². The fraction of sp³-hybridized carbons (Fsp3) is 0.643. The maximum absolute atomic E-state index is 5.65. The molecule has 1 aromatic rings. The molecule has 0 bridgehead atoms. The molecule has 0 aliphatic carbocycles. The van der Waals surface area contributed by atoms with Crippen molar-refractivity contribution in [1.82, 2.24) is 14.8 Å². The standard InChI is InChI=1S/C14H24N4/c1-12-11-17(2)7-3-8-18(12)9-6-14-5-4-13(15)10-16-14/h4-5,10,12H,3,6-9,11,15H2,1-2H3. The number of hydrogen-bond donors (Lipinski definition) is 1. The van der Waals surface area contributed by atoms with Crippen molar-refractivity contribution in [3.05, 3.63) is 24.0 Å². The van der Waals surface area contributed by atoms with Gasteiger partial charge in [0.1, 0.15) is 0 Å². The molecule has 2 heterocycles. The summed E-state index contributed by atoms with van der Waals surface area (Å²) in [5.41, 5.74) is 7.52. The molecular formula is C14H24N4. The van der Waals surface area contributed by atoms with E-state index in [-0.39, 0.29) is 0 Å². The second-order valence-corrected chi connectivity index (χ2v) is 5.33. The van der Waals surface area contributed by atoms with Crippen LogP contribution in [0.15, 0.2) is 18.3 Å². The number of aromatic nitrogens is 1. The van der Waals surface area contributed by atoms with Crippen molar-refractivity contribution in [1.29, 1.82) is 0 Å². The first kappa shape index (κ1) is 13.3. The molecule has 1 unspecified atom stereocenters. The molecule has 100 valence electrons. The summed E-state index contributed by atoms with van der Waals surface area (Å²) in [5.74, 6) is 0. The second-order valence-electron chi connectivity index (χ2n) is 5.33. The molecule has 0 aromatic carbocycles. The van der Waals surface area contributed by atoms with Crippen LogP contribution < -0.4 is 5.73 Å². The predicted octanol–water partition coefficient (Wildman–Crippen LogP) is 1.23. The van der Waals surface area contributed by atoms with Crippen molar-refractivity contribution in [2.45, 2.75) is 25.8 Å². The first-order valence-corrected chi connectivity index (χ1v) is 6.78. The Hall–Kier alpha value is -1.13. The average Bonchev–Trinajstić information content (AvgIpc) is 2.50. The fourth-order valence-corrected chi connectivity index (χ4v) is 2.60. The van der Waals surface area contributed by atoms with E-state index in [1.165, 1.54) is 19.5 Å². The van der Waals surface area contributed by atoms with Gasteiger partial charge in [0, 0.05) is 31.2 Å². The lowest BCUT2D eigenvalue weighted by Gasteiger charge is -2.27. The first-order chi connectivity index (χ1) is 8.65. The summed E-state index contributed by atoms with van der Waals surface area (Å²) < 4.78 is 0. The quantitative estimate of drug-likeness (QED) is 0.874. The zero-order chi connectivity index (χ0) is 13.0. The molecule has 18 heavy (non-hydrogen) atoms. The summed E-state index contributed by atoms with van der Waals surface area (Å²) >= 11 is 0. The van der Waals surface area contributed by atoms with Crippen LogP contribution in [0, 0.1) is 0 Å². The molecule has 0 radical (unpaired) electrons. The summed E-state index contributed by atoms with van der Waals surface area (Å²) in [6.07, 6.45) is 4.01. The zero-order valence-corrected chi connectivity index (χ0v) is 11.5. The SMILES string of the molecule is CC1CN(C)CCCN1CCc1ccc(N)cn1. The van der Waals surface area contributed by atoms with Crippen molar-refractivity contribution >= 4 is 5.69 Å². The van der Waals surface area contributed by atoms with E-state index in [9.17, 15) is 0 Å². The van der Waals surface area contributed by atoms with Gasteiger partial charge in [-0.25, -0.2) is 0 Å². The van der Waals surface area contributed by atoms with Crippen molar-refractivity contribution in [2.24, 2.45) is 0 Å². The number of anilines is 1. The minimum atomic E-state index is 0.631.